The first-order valence-corrected chi connectivity index (χ1v) is 10.9. The number of fused-ring (bicyclic) bond motifs is 3. The summed E-state index contributed by atoms with van der Waals surface area (Å²) < 4.78 is 29.2. The zero-order valence-electron chi connectivity index (χ0n) is 17.2. The standard InChI is InChI=1S/C26H30F2O/c1-2-3-4-5-18-6-14-24-21(16-18)7-8-22-17-20(11-15-25(22)24)19-9-12-23(13-10-19)29-26(27)28/h2-3,7-10,12-13,18,20,26H,4-6,11,14-17H2,1H3/b3-2+. The molecule has 3 heteroatoms. The molecule has 154 valence electrons. The SMILES string of the molecule is C/C=C/CCC1CCc2c(ccc3c2CCC(c2ccc(OC(F)F)cc2)C3)C1. The Morgan fingerprint density at radius 3 is 2.34 bits per heavy atom. The van der Waals surface area contributed by atoms with Crippen LogP contribution in [0, 0.1) is 5.92 Å². The van der Waals surface area contributed by atoms with Crippen LogP contribution in [-0.2, 0) is 25.7 Å². The molecule has 0 bridgehead atoms. The maximum absolute atomic E-state index is 12.4. The van der Waals surface area contributed by atoms with Gasteiger partial charge in [0.15, 0.2) is 0 Å². The molecule has 2 aromatic rings. The Morgan fingerprint density at radius 2 is 1.66 bits per heavy atom. The normalized spacial score (nSPS) is 21.2. The van der Waals surface area contributed by atoms with E-state index < -0.39 is 6.61 Å². The van der Waals surface area contributed by atoms with Gasteiger partial charge in [-0.05, 0) is 110 Å². The number of allylic oxidation sites excluding steroid dienone is 2. The molecule has 29 heavy (non-hydrogen) atoms. The zero-order valence-corrected chi connectivity index (χ0v) is 17.2. The second-order valence-corrected chi connectivity index (χ2v) is 8.48. The van der Waals surface area contributed by atoms with Crippen molar-refractivity contribution in [2.75, 3.05) is 0 Å². The van der Waals surface area contributed by atoms with Crippen LogP contribution >= 0.6 is 0 Å². The van der Waals surface area contributed by atoms with E-state index in [0.717, 1.165) is 25.2 Å². The van der Waals surface area contributed by atoms with E-state index in [2.05, 4.69) is 35.9 Å². The van der Waals surface area contributed by atoms with Crippen molar-refractivity contribution < 1.29 is 13.5 Å². The molecule has 0 N–H and O–H groups in total. The van der Waals surface area contributed by atoms with E-state index in [4.69, 9.17) is 0 Å². The Balaban J connectivity index is 1.45. The van der Waals surface area contributed by atoms with Crippen LogP contribution in [-0.4, -0.2) is 6.61 Å². The van der Waals surface area contributed by atoms with Crippen molar-refractivity contribution >= 4 is 0 Å². The Bertz CT molecular complexity index is 854. The first kappa shape index (κ1) is 20.1. The molecule has 0 saturated carbocycles. The molecule has 4 rings (SSSR count). The van der Waals surface area contributed by atoms with Gasteiger partial charge in [0.2, 0.25) is 0 Å². The van der Waals surface area contributed by atoms with Crippen LogP contribution in [0.4, 0.5) is 8.78 Å². The smallest absolute Gasteiger partial charge is 0.387 e. The van der Waals surface area contributed by atoms with Crippen molar-refractivity contribution in [3.05, 3.63) is 76.4 Å². The summed E-state index contributed by atoms with van der Waals surface area (Å²) in [5.74, 6) is 1.51. The van der Waals surface area contributed by atoms with Gasteiger partial charge in [0.05, 0.1) is 0 Å². The van der Waals surface area contributed by atoms with Crippen LogP contribution in [0.3, 0.4) is 0 Å². The van der Waals surface area contributed by atoms with Crippen molar-refractivity contribution in [3.8, 4) is 5.75 Å². The van der Waals surface area contributed by atoms with E-state index >= 15 is 0 Å². The predicted molar refractivity (Wildman–Crippen MR) is 114 cm³/mol. The maximum atomic E-state index is 12.4. The molecular formula is C26H30F2O. The number of ether oxygens (including phenoxy) is 1. The van der Waals surface area contributed by atoms with E-state index in [-0.39, 0.29) is 5.75 Å². The van der Waals surface area contributed by atoms with Gasteiger partial charge in [-0.15, -0.1) is 0 Å². The van der Waals surface area contributed by atoms with E-state index in [1.54, 1.807) is 28.8 Å². The van der Waals surface area contributed by atoms with Gasteiger partial charge in [-0.3, -0.25) is 0 Å². The number of hydrogen-bond acceptors (Lipinski definition) is 1. The van der Waals surface area contributed by atoms with E-state index in [1.165, 1.54) is 43.2 Å². The van der Waals surface area contributed by atoms with Gasteiger partial charge < -0.3 is 4.74 Å². The summed E-state index contributed by atoms with van der Waals surface area (Å²) in [5, 5.41) is 0. The van der Waals surface area contributed by atoms with Crippen LogP contribution in [0.5, 0.6) is 5.75 Å². The van der Waals surface area contributed by atoms with Gasteiger partial charge in [-0.2, -0.15) is 8.78 Å². The van der Waals surface area contributed by atoms with Crippen LogP contribution in [0.15, 0.2) is 48.6 Å². The molecule has 2 atom stereocenters. The number of hydrogen-bond donors (Lipinski definition) is 0. The Kier molecular flexibility index (Phi) is 6.32. The first-order valence-electron chi connectivity index (χ1n) is 10.9. The Morgan fingerprint density at radius 1 is 0.966 bits per heavy atom. The summed E-state index contributed by atoms with van der Waals surface area (Å²) >= 11 is 0. The molecule has 0 fully saturated rings. The van der Waals surface area contributed by atoms with Crippen LogP contribution < -0.4 is 4.74 Å². The maximum Gasteiger partial charge on any atom is 0.387 e. The van der Waals surface area contributed by atoms with E-state index in [0.29, 0.717) is 5.92 Å². The molecule has 1 nitrogen and oxygen atoms in total. The number of rotatable bonds is 6. The Labute approximate surface area is 172 Å². The molecule has 0 saturated heterocycles. The van der Waals surface area contributed by atoms with Crippen molar-refractivity contribution in [1.29, 1.82) is 0 Å². The third kappa shape index (κ3) is 4.71. The minimum Gasteiger partial charge on any atom is -0.435 e. The molecule has 0 amide bonds. The molecule has 0 aliphatic heterocycles. The van der Waals surface area contributed by atoms with Gasteiger partial charge in [0, 0.05) is 0 Å². The lowest BCUT2D eigenvalue weighted by Gasteiger charge is -2.32. The minimum absolute atomic E-state index is 0.234. The molecule has 0 spiro atoms. The summed E-state index contributed by atoms with van der Waals surface area (Å²) in [7, 11) is 0. The molecule has 2 unspecified atom stereocenters. The van der Waals surface area contributed by atoms with Crippen LogP contribution in [0.2, 0.25) is 0 Å². The highest BCUT2D eigenvalue weighted by atomic mass is 19.3. The number of halogens is 2. The largest absolute Gasteiger partial charge is 0.435 e. The van der Waals surface area contributed by atoms with Crippen LogP contribution in [0.1, 0.15) is 66.3 Å². The third-order valence-electron chi connectivity index (χ3n) is 6.70. The third-order valence-corrected chi connectivity index (χ3v) is 6.70. The lowest BCUT2D eigenvalue weighted by molar-refractivity contribution is -0.0498. The average Bonchev–Trinajstić information content (AvgIpc) is 2.73. The Hall–Kier alpha value is -2.16. The monoisotopic (exact) mass is 396 g/mol. The predicted octanol–water partition coefficient (Wildman–Crippen LogP) is 7.02. The van der Waals surface area contributed by atoms with Crippen LogP contribution in [0.25, 0.3) is 0 Å². The molecule has 0 radical (unpaired) electrons. The first-order chi connectivity index (χ1) is 14.1. The quantitative estimate of drug-likeness (QED) is 0.477. The lowest BCUT2D eigenvalue weighted by Crippen LogP contribution is -2.20. The fraction of sp³-hybridized carbons (Fsp3) is 0.462. The topological polar surface area (TPSA) is 9.23 Å². The molecule has 2 aliphatic rings. The highest BCUT2D eigenvalue weighted by Crippen LogP contribution is 2.39. The lowest BCUT2D eigenvalue weighted by atomic mass is 9.73. The van der Waals surface area contributed by atoms with Crippen molar-refractivity contribution in [2.24, 2.45) is 5.92 Å². The summed E-state index contributed by atoms with van der Waals surface area (Å²) in [5.41, 5.74) is 7.51. The van der Waals surface area contributed by atoms with Gasteiger partial charge in [0.25, 0.3) is 0 Å². The highest BCUT2D eigenvalue weighted by Gasteiger charge is 2.26. The average molecular weight is 397 g/mol. The van der Waals surface area contributed by atoms with Gasteiger partial charge >= 0.3 is 6.61 Å². The van der Waals surface area contributed by atoms with Gasteiger partial charge in [0.1, 0.15) is 5.75 Å². The number of alkyl halides is 2. The van der Waals surface area contributed by atoms with Gasteiger partial charge in [-0.1, -0.05) is 36.4 Å². The summed E-state index contributed by atoms with van der Waals surface area (Å²) in [6.07, 6.45) is 14.0. The summed E-state index contributed by atoms with van der Waals surface area (Å²) in [6.45, 7) is -0.669. The molecular weight excluding hydrogens is 366 g/mol. The van der Waals surface area contributed by atoms with Crippen molar-refractivity contribution in [2.45, 2.75) is 70.8 Å². The van der Waals surface area contributed by atoms with Crippen molar-refractivity contribution in [1.82, 2.24) is 0 Å². The highest BCUT2D eigenvalue weighted by molar-refractivity contribution is 5.45. The van der Waals surface area contributed by atoms with E-state index in [1.807, 2.05) is 12.1 Å². The summed E-state index contributed by atoms with van der Waals surface area (Å²) in [4.78, 5) is 0. The van der Waals surface area contributed by atoms with Crippen molar-refractivity contribution in [3.63, 3.8) is 0 Å². The summed E-state index contributed by atoms with van der Waals surface area (Å²) in [6, 6.07) is 11.9. The second-order valence-electron chi connectivity index (χ2n) is 8.48. The fourth-order valence-electron chi connectivity index (χ4n) is 5.19. The molecule has 0 heterocycles. The van der Waals surface area contributed by atoms with E-state index in [9.17, 15) is 8.78 Å². The second kappa shape index (κ2) is 9.11. The van der Waals surface area contributed by atoms with Gasteiger partial charge in [-0.25, -0.2) is 0 Å². The molecule has 2 aliphatic carbocycles. The molecule has 2 aromatic carbocycles. The number of benzene rings is 2. The fourth-order valence-corrected chi connectivity index (χ4v) is 5.19. The zero-order chi connectivity index (χ0) is 20.2. The molecule has 0 aromatic heterocycles. The minimum atomic E-state index is -2.77.